The van der Waals surface area contributed by atoms with Crippen LogP contribution in [-0.2, 0) is 0 Å². The number of aromatic nitrogens is 1. The van der Waals surface area contributed by atoms with Crippen LogP contribution in [0.4, 0.5) is 0 Å². The second-order valence-corrected chi connectivity index (χ2v) is 3.95. The van der Waals surface area contributed by atoms with Gasteiger partial charge >= 0.3 is 0 Å². The van der Waals surface area contributed by atoms with E-state index < -0.39 is 0 Å². The van der Waals surface area contributed by atoms with Gasteiger partial charge in [-0.05, 0) is 19.5 Å². The molecule has 0 spiro atoms. The molecule has 1 aromatic rings. The number of H-pyrrole nitrogens is 1. The number of aromatic amines is 1. The maximum atomic E-state index is 12.0. The lowest BCUT2D eigenvalue weighted by atomic mass is 10.3. The fourth-order valence-electron chi connectivity index (χ4n) is 1.92. The number of likely N-dealkylation sites (tertiary alicyclic amines) is 1. The molecule has 0 aliphatic carbocycles. The minimum absolute atomic E-state index is 0.101. The molecule has 0 bridgehead atoms. The van der Waals surface area contributed by atoms with Crippen LogP contribution in [0, 0.1) is 0 Å². The minimum Gasteiger partial charge on any atom is -0.336 e. The predicted molar refractivity (Wildman–Crippen MR) is 60.4 cm³/mol. The predicted octanol–water partition coefficient (Wildman–Crippen LogP) is -0.191. The molecule has 1 aromatic heterocycles. The lowest BCUT2D eigenvalue weighted by molar-refractivity contribution is 0.0783. The number of pyridine rings is 1. The Kier molecular flexibility index (Phi) is 3.05. The first-order valence-corrected chi connectivity index (χ1v) is 5.36. The first-order valence-electron chi connectivity index (χ1n) is 5.36. The SMILES string of the molecule is CNC1CCN(C(=O)c2cccc(=O)[nH]2)C1. The van der Waals surface area contributed by atoms with Crippen molar-refractivity contribution in [3.05, 3.63) is 34.2 Å². The van der Waals surface area contributed by atoms with Crippen molar-refractivity contribution in [1.29, 1.82) is 0 Å². The highest BCUT2D eigenvalue weighted by Gasteiger charge is 2.26. The number of carbonyl (C=O) groups is 1. The second-order valence-electron chi connectivity index (χ2n) is 3.95. The molecule has 2 heterocycles. The monoisotopic (exact) mass is 221 g/mol. The summed E-state index contributed by atoms with van der Waals surface area (Å²) < 4.78 is 0. The van der Waals surface area contributed by atoms with E-state index in [1.54, 1.807) is 17.0 Å². The van der Waals surface area contributed by atoms with Crippen LogP contribution in [0.15, 0.2) is 23.0 Å². The molecule has 1 atom stereocenters. The molecule has 5 heteroatoms. The van der Waals surface area contributed by atoms with Gasteiger partial charge in [-0.15, -0.1) is 0 Å². The summed E-state index contributed by atoms with van der Waals surface area (Å²) in [6, 6.07) is 4.99. The average Bonchev–Trinajstić information content (AvgIpc) is 2.76. The maximum absolute atomic E-state index is 12.0. The van der Waals surface area contributed by atoms with Crippen molar-refractivity contribution in [3.8, 4) is 0 Å². The number of hydrogen-bond acceptors (Lipinski definition) is 3. The highest BCUT2D eigenvalue weighted by molar-refractivity contribution is 5.92. The molecular weight excluding hydrogens is 206 g/mol. The topological polar surface area (TPSA) is 65.2 Å². The van der Waals surface area contributed by atoms with Crippen molar-refractivity contribution in [2.45, 2.75) is 12.5 Å². The van der Waals surface area contributed by atoms with Crippen LogP contribution in [0.25, 0.3) is 0 Å². The number of rotatable bonds is 2. The smallest absolute Gasteiger partial charge is 0.270 e. The number of nitrogens with zero attached hydrogens (tertiary/aromatic N) is 1. The fraction of sp³-hybridized carbons (Fsp3) is 0.455. The van der Waals surface area contributed by atoms with E-state index in [-0.39, 0.29) is 11.5 Å². The van der Waals surface area contributed by atoms with Gasteiger partial charge in [-0.3, -0.25) is 9.59 Å². The summed E-state index contributed by atoms with van der Waals surface area (Å²) in [7, 11) is 1.89. The minimum atomic E-state index is -0.241. The molecule has 16 heavy (non-hydrogen) atoms. The van der Waals surface area contributed by atoms with E-state index in [1.165, 1.54) is 6.07 Å². The van der Waals surface area contributed by atoms with E-state index in [4.69, 9.17) is 0 Å². The van der Waals surface area contributed by atoms with Crippen LogP contribution in [0.2, 0.25) is 0 Å². The third kappa shape index (κ3) is 2.14. The van der Waals surface area contributed by atoms with Gasteiger partial charge in [-0.25, -0.2) is 0 Å². The van der Waals surface area contributed by atoms with E-state index in [9.17, 15) is 9.59 Å². The third-order valence-corrected chi connectivity index (χ3v) is 2.88. The van der Waals surface area contributed by atoms with Crippen molar-refractivity contribution in [1.82, 2.24) is 15.2 Å². The number of nitrogens with one attached hydrogen (secondary N) is 2. The van der Waals surface area contributed by atoms with Crippen molar-refractivity contribution < 1.29 is 4.79 Å². The van der Waals surface area contributed by atoms with Gasteiger partial charge in [0.05, 0.1) is 0 Å². The van der Waals surface area contributed by atoms with Gasteiger partial charge in [-0.2, -0.15) is 0 Å². The van der Waals surface area contributed by atoms with Gasteiger partial charge in [-0.1, -0.05) is 6.07 Å². The zero-order chi connectivity index (χ0) is 11.5. The molecular formula is C11H15N3O2. The quantitative estimate of drug-likeness (QED) is 0.727. The number of amides is 1. The first-order chi connectivity index (χ1) is 7.70. The second kappa shape index (κ2) is 4.49. The summed E-state index contributed by atoms with van der Waals surface area (Å²) in [5, 5.41) is 3.15. The van der Waals surface area contributed by atoms with Crippen molar-refractivity contribution in [2.24, 2.45) is 0 Å². The van der Waals surface area contributed by atoms with Crippen LogP contribution >= 0.6 is 0 Å². The highest BCUT2D eigenvalue weighted by atomic mass is 16.2. The van der Waals surface area contributed by atoms with Gasteiger partial charge < -0.3 is 15.2 Å². The van der Waals surface area contributed by atoms with Crippen molar-refractivity contribution >= 4 is 5.91 Å². The van der Waals surface area contributed by atoms with E-state index >= 15 is 0 Å². The van der Waals surface area contributed by atoms with Crippen LogP contribution in [0.1, 0.15) is 16.9 Å². The molecule has 86 valence electrons. The zero-order valence-electron chi connectivity index (χ0n) is 9.19. The standard InChI is InChI=1S/C11H15N3O2/c1-12-8-5-6-14(7-8)11(16)9-3-2-4-10(15)13-9/h2-4,8,12H,5-7H2,1H3,(H,13,15). The van der Waals surface area contributed by atoms with Gasteiger partial charge in [0, 0.05) is 25.2 Å². The summed E-state index contributed by atoms with van der Waals surface area (Å²) in [5.41, 5.74) is 0.125. The lowest BCUT2D eigenvalue weighted by Gasteiger charge is -2.15. The Morgan fingerprint density at radius 1 is 1.56 bits per heavy atom. The van der Waals surface area contributed by atoms with Crippen LogP contribution < -0.4 is 10.9 Å². The lowest BCUT2D eigenvalue weighted by Crippen LogP contribution is -2.34. The van der Waals surface area contributed by atoms with E-state index in [2.05, 4.69) is 10.3 Å². The van der Waals surface area contributed by atoms with Crippen molar-refractivity contribution in [3.63, 3.8) is 0 Å². The molecule has 2 N–H and O–H groups in total. The largest absolute Gasteiger partial charge is 0.336 e. The molecule has 0 aromatic carbocycles. The van der Waals surface area contributed by atoms with Crippen molar-refractivity contribution in [2.75, 3.05) is 20.1 Å². The Bertz CT molecular complexity index is 441. The third-order valence-electron chi connectivity index (χ3n) is 2.88. The van der Waals surface area contributed by atoms with Crippen LogP contribution in [-0.4, -0.2) is 42.0 Å². The summed E-state index contributed by atoms with van der Waals surface area (Å²) in [5.74, 6) is -0.101. The Morgan fingerprint density at radius 3 is 3.00 bits per heavy atom. The van der Waals surface area contributed by atoms with E-state index in [0.717, 1.165) is 13.0 Å². The van der Waals surface area contributed by atoms with Gasteiger partial charge in [0.1, 0.15) is 5.69 Å². The number of hydrogen-bond donors (Lipinski definition) is 2. The number of carbonyl (C=O) groups excluding carboxylic acids is 1. The van der Waals surface area contributed by atoms with Crippen LogP contribution in [0.3, 0.4) is 0 Å². The highest BCUT2D eigenvalue weighted by Crippen LogP contribution is 2.11. The molecule has 1 amide bonds. The Hall–Kier alpha value is -1.62. The normalized spacial score (nSPS) is 20.1. The first kappa shape index (κ1) is 10.9. The van der Waals surface area contributed by atoms with Gasteiger partial charge in [0.25, 0.3) is 5.91 Å². The van der Waals surface area contributed by atoms with E-state index in [1.807, 2.05) is 7.05 Å². The zero-order valence-corrected chi connectivity index (χ0v) is 9.19. The summed E-state index contributed by atoms with van der Waals surface area (Å²) in [4.78, 5) is 27.4. The fourth-order valence-corrected chi connectivity index (χ4v) is 1.92. The van der Waals surface area contributed by atoms with Gasteiger partial charge in [0.15, 0.2) is 0 Å². The molecule has 1 aliphatic heterocycles. The number of likely N-dealkylation sites (N-methyl/N-ethyl adjacent to an activating group) is 1. The molecule has 5 nitrogen and oxygen atoms in total. The molecule has 0 saturated carbocycles. The van der Waals surface area contributed by atoms with E-state index in [0.29, 0.717) is 18.3 Å². The molecule has 1 aliphatic rings. The summed E-state index contributed by atoms with van der Waals surface area (Å²) in [6.45, 7) is 1.44. The summed E-state index contributed by atoms with van der Waals surface area (Å²) >= 11 is 0. The summed E-state index contributed by atoms with van der Waals surface area (Å²) in [6.07, 6.45) is 0.958. The van der Waals surface area contributed by atoms with Gasteiger partial charge in [0.2, 0.25) is 5.56 Å². The Labute approximate surface area is 93.5 Å². The molecule has 1 saturated heterocycles. The molecule has 2 rings (SSSR count). The molecule has 1 fully saturated rings. The molecule has 1 unspecified atom stereocenters. The molecule has 0 radical (unpaired) electrons. The Morgan fingerprint density at radius 2 is 2.38 bits per heavy atom. The van der Waals surface area contributed by atoms with Crippen LogP contribution in [0.5, 0.6) is 0 Å². The maximum Gasteiger partial charge on any atom is 0.270 e. The Balaban J connectivity index is 2.11. The average molecular weight is 221 g/mol.